The van der Waals surface area contributed by atoms with Gasteiger partial charge in [0.05, 0.1) is 19.6 Å². The smallest absolute Gasteiger partial charge is 0.203 e. The molecule has 120 valence electrons. The summed E-state index contributed by atoms with van der Waals surface area (Å²) in [6, 6.07) is 16.0. The lowest BCUT2D eigenvalue weighted by Crippen LogP contribution is -2.10. The summed E-state index contributed by atoms with van der Waals surface area (Å²) >= 11 is 0. The van der Waals surface area contributed by atoms with E-state index < -0.39 is 19.7 Å². The van der Waals surface area contributed by atoms with Crippen molar-refractivity contribution in [3.8, 4) is 0 Å². The molecule has 2 aromatic rings. The highest BCUT2D eigenvalue weighted by Crippen LogP contribution is 2.38. The summed E-state index contributed by atoms with van der Waals surface area (Å²) in [6.45, 7) is 0. The standard InChI is InChI=1S/C17H16O4S2/c18-22(19,14-8-3-1-4-9-14)16-12-7-13-17(16)23(20,21)15-10-5-2-6-11-15/h1-6,8-11H,7,12-13H2. The maximum Gasteiger partial charge on any atom is 0.203 e. The molecule has 1 aliphatic rings. The van der Waals surface area contributed by atoms with Crippen LogP contribution >= 0.6 is 0 Å². The third-order valence-corrected chi connectivity index (χ3v) is 7.99. The first-order chi connectivity index (χ1) is 10.9. The molecule has 0 saturated heterocycles. The molecule has 0 spiro atoms. The van der Waals surface area contributed by atoms with E-state index in [9.17, 15) is 16.8 Å². The van der Waals surface area contributed by atoms with E-state index in [1.807, 2.05) is 0 Å². The van der Waals surface area contributed by atoms with Crippen molar-refractivity contribution in [3.63, 3.8) is 0 Å². The van der Waals surface area contributed by atoms with Crippen LogP contribution in [0.4, 0.5) is 0 Å². The van der Waals surface area contributed by atoms with E-state index >= 15 is 0 Å². The zero-order valence-corrected chi connectivity index (χ0v) is 14.0. The van der Waals surface area contributed by atoms with E-state index in [0.29, 0.717) is 6.42 Å². The molecular formula is C17H16O4S2. The molecule has 0 N–H and O–H groups in total. The SMILES string of the molecule is O=S(=O)(C1=C(S(=O)(=O)c2ccccc2)CCC1)c1ccccc1. The van der Waals surface area contributed by atoms with Crippen molar-refractivity contribution in [2.45, 2.75) is 29.1 Å². The minimum atomic E-state index is -3.78. The van der Waals surface area contributed by atoms with Crippen LogP contribution in [0.2, 0.25) is 0 Å². The van der Waals surface area contributed by atoms with Gasteiger partial charge in [-0.15, -0.1) is 0 Å². The van der Waals surface area contributed by atoms with Crippen LogP contribution in [-0.4, -0.2) is 16.8 Å². The monoisotopic (exact) mass is 348 g/mol. The molecule has 0 aromatic heterocycles. The fraction of sp³-hybridized carbons (Fsp3) is 0.176. The van der Waals surface area contributed by atoms with Gasteiger partial charge in [-0.1, -0.05) is 36.4 Å². The zero-order chi connectivity index (χ0) is 16.5. The normalized spacial score (nSPS) is 15.8. The Morgan fingerprint density at radius 3 is 1.26 bits per heavy atom. The molecule has 4 nitrogen and oxygen atoms in total. The summed E-state index contributed by atoms with van der Waals surface area (Å²) in [5.41, 5.74) is 0. The Morgan fingerprint density at radius 1 is 0.565 bits per heavy atom. The molecule has 0 radical (unpaired) electrons. The van der Waals surface area contributed by atoms with Crippen molar-refractivity contribution >= 4 is 19.7 Å². The van der Waals surface area contributed by atoms with Crippen molar-refractivity contribution in [3.05, 3.63) is 70.5 Å². The molecule has 0 fully saturated rings. The first-order valence-corrected chi connectivity index (χ1v) is 10.2. The van der Waals surface area contributed by atoms with Gasteiger partial charge in [-0.3, -0.25) is 0 Å². The van der Waals surface area contributed by atoms with Gasteiger partial charge < -0.3 is 0 Å². The van der Waals surface area contributed by atoms with Gasteiger partial charge in [-0.05, 0) is 43.5 Å². The minimum Gasteiger partial charge on any atom is -0.219 e. The maximum absolute atomic E-state index is 12.8. The Bertz CT molecular complexity index is 863. The third-order valence-electron chi connectivity index (χ3n) is 3.87. The molecule has 0 heterocycles. The van der Waals surface area contributed by atoms with Crippen LogP contribution in [0, 0.1) is 0 Å². The Balaban J connectivity index is 2.17. The van der Waals surface area contributed by atoms with Crippen LogP contribution in [0.15, 0.2) is 80.3 Å². The van der Waals surface area contributed by atoms with Gasteiger partial charge in [0.15, 0.2) is 0 Å². The number of sulfone groups is 2. The number of rotatable bonds is 4. The average Bonchev–Trinajstić information content (AvgIpc) is 3.08. The number of hydrogen-bond donors (Lipinski definition) is 0. The van der Waals surface area contributed by atoms with Crippen LogP contribution < -0.4 is 0 Å². The van der Waals surface area contributed by atoms with Crippen LogP contribution in [0.25, 0.3) is 0 Å². The van der Waals surface area contributed by atoms with Gasteiger partial charge >= 0.3 is 0 Å². The summed E-state index contributed by atoms with van der Waals surface area (Å²) in [7, 11) is -7.56. The van der Waals surface area contributed by atoms with E-state index in [4.69, 9.17) is 0 Å². The molecule has 0 bridgehead atoms. The predicted octanol–water partition coefficient (Wildman–Crippen LogP) is 3.33. The molecular weight excluding hydrogens is 332 g/mol. The van der Waals surface area contributed by atoms with Crippen LogP contribution in [0.3, 0.4) is 0 Å². The van der Waals surface area contributed by atoms with Crippen molar-refractivity contribution in [2.24, 2.45) is 0 Å². The molecule has 23 heavy (non-hydrogen) atoms. The van der Waals surface area contributed by atoms with E-state index in [1.165, 1.54) is 24.3 Å². The highest BCUT2D eigenvalue weighted by atomic mass is 32.2. The van der Waals surface area contributed by atoms with Gasteiger partial charge in [-0.2, -0.15) is 0 Å². The summed E-state index contributed by atoms with van der Waals surface area (Å²) in [5.74, 6) is 0. The summed E-state index contributed by atoms with van der Waals surface area (Å²) in [5, 5.41) is 0. The second kappa shape index (κ2) is 5.94. The first-order valence-electron chi connectivity index (χ1n) is 7.26. The van der Waals surface area contributed by atoms with E-state index in [2.05, 4.69) is 0 Å². The molecule has 3 rings (SSSR count). The van der Waals surface area contributed by atoms with Crippen molar-refractivity contribution in [1.82, 2.24) is 0 Å². The molecule has 0 aliphatic heterocycles. The topological polar surface area (TPSA) is 68.3 Å². The number of allylic oxidation sites excluding steroid dienone is 2. The Morgan fingerprint density at radius 2 is 0.913 bits per heavy atom. The Hall–Kier alpha value is -1.92. The number of hydrogen-bond acceptors (Lipinski definition) is 4. The molecule has 0 atom stereocenters. The Labute approximate surface area is 136 Å². The average molecular weight is 348 g/mol. The highest BCUT2D eigenvalue weighted by molar-refractivity contribution is 7.99. The minimum absolute atomic E-state index is 0.0348. The first kappa shape index (κ1) is 16.0. The lowest BCUT2D eigenvalue weighted by atomic mass is 10.4. The van der Waals surface area contributed by atoms with Gasteiger partial charge in [0.1, 0.15) is 0 Å². The lowest BCUT2D eigenvalue weighted by Gasteiger charge is -2.10. The highest BCUT2D eigenvalue weighted by Gasteiger charge is 2.34. The summed E-state index contributed by atoms with van der Waals surface area (Å²) in [4.78, 5) is 0.343. The van der Waals surface area contributed by atoms with Gasteiger partial charge in [0.2, 0.25) is 19.7 Å². The van der Waals surface area contributed by atoms with Crippen molar-refractivity contribution in [2.75, 3.05) is 0 Å². The molecule has 6 heteroatoms. The lowest BCUT2D eigenvalue weighted by molar-refractivity contribution is 0.596. The molecule has 0 saturated carbocycles. The zero-order valence-electron chi connectivity index (χ0n) is 12.3. The summed E-state index contributed by atoms with van der Waals surface area (Å²) < 4.78 is 51.2. The molecule has 0 amide bonds. The van der Waals surface area contributed by atoms with Crippen LogP contribution in [-0.2, 0) is 19.7 Å². The Kier molecular flexibility index (Phi) is 4.12. The largest absolute Gasteiger partial charge is 0.219 e. The fourth-order valence-corrected chi connectivity index (χ4v) is 6.63. The molecule has 1 aliphatic carbocycles. The maximum atomic E-state index is 12.8. The predicted molar refractivity (Wildman–Crippen MR) is 88.1 cm³/mol. The second-order valence-corrected chi connectivity index (χ2v) is 9.28. The molecule has 0 unspecified atom stereocenters. The van der Waals surface area contributed by atoms with Crippen LogP contribution in [0.1, 0.15) is 19.3 Å². The van der Waals surface area contributed by atoms with E-state index in [-0.39, 0.29) is 32.4 Å². The van der Waals surface area contributed by atoms with Crippen LogP contribution in [0.5, 0.6) is 0 Å². The van der Waals surface area contributed by atoms with Crippen molar-refractivity contribution in [1.29, 1.82) is 0 Å². The van der Waals surface area contributed by atoms with Crippen molar-refractivity contribution < 1.29 is 16.8 Å². The van der Waals surface area contributed by atoms with Gasteiger partial charge in [-0.25, -0.2) is 16.8 Å². The van der Waals surface area contributed by atoms with Gasteiger partial charge in [0, 0.05) is 0 Å². The number of benzene rings is 2. The van der Waals surface area contributed by atoms with E-state index in [1.54, 1.807) is 36.4 Å². The van der Waals surface area contributed by atoms with Gasteiger partial charge in [0.25, 0.3) is 0 Å². The quantitative estimate of drug-likeness (QED) is 0.850. The second-order valence-electron chi connectivity index (χ2n) is 5.33. The fourth-order valence-electron chi connectivity index (χ4n) is 2.74. The van der Waals surface area contributed by atoms with E-state index in [0.717, 1.165) is 0 Å². The summed E-state index contributed by atoms with van der Waals surface area (Å²) in [6.07, 6.45) is 1.06. The molecule has 2 aromatic carbocycles. The third kappa shape index (κ3) is 2.84.